The maximum atomic E-state index is 13.7. The Balaban J connectivity index is 0.00000199. The monoisotopic (exact) mass is 631 g/mol. The molecule has 5 unspecified atom stereocenters. The molecule has 1 aliphatic rings. The summed E-state index contributed by atoms with van der Waals surface area (Å²) < 4.78 is 5.36. The van der Waals surface area contributed by atoms with E-state index in [0.717, 1.165) is 54.7 Å². The fourth-order valence-corrected chi connectivity index (χ4v) is 6.00. The van der Waals surface area contributed by atoms with Crippen LogP contribution in [0, 0.1) is 17.8 Å². The van der Waals surface area contributed by atoms with Crippen molar-refractivity contribution in [3.63, 3.8) is 0 Å². The Morgan fingerprint density at radius 3 is 2.11 bits per heavy atom. The van der Waals surface area contributed by atoms with Gasteiger partial charge in [0.1, 0.15) is 17.3 Å². The number of carbonyl (C=O) groups excluding carboxylic acids is 3. The second-order valence-corrected chi connectivity index (χ2v) is 12.3. The van der Waals surface area contributed by atoms with Crippen LogP contribution in [0.15, 0.2) is 72.8 Å². The van der Waals surface area contributed by atoms with Gasteiger partial charge < -0.3 is 19.6 Å². The van der Waals surface area contributed by atoms with E-state index in [9.17, 15) is 14.4 Å². The molecule has 0 aromatic heterocycles. The Kier molecular flexibility index (Phi) is 20.2. The van der Waals surface area contributed by atoms with E-state index in [-0.39, 0.29) is 35.2 Å². The van der Waals surface area contributed by atoms with Gasteiger partial charge in [0.15, 0.2) is 0 Å². The van der Waals surface area contributed by atoms with Crippen molar-refractivity contribution in [1.29, 1.82) is 0 Å². The summed E-state index contributed by atoms with van der Waals surface area (Å²) in [5.74, 6) is 1.74. The Hall–Kier alpha value is -3.47. The highest BCUT2D eigenvalue weighted by molar-refractivity contribution is 5.93. The summed E-state index contributed by atoms with van der Waals surface area (Å²) in [5.41, 5.74) is 3.02. The van der Waals surface area contributed by atoms with Gasteiger partial charge in [0, 0.05) is 24.4 Å². The summed E-state index contributed by atoms with van der Waals surface area (Å²) in [6, 6.07) is 16.1. The van der Waals surface area contributed by atoms with Gasteiger partial charge >= 0.3 is 0 Å². The summed E-state index contributed by atoms with van der Waals surface area (Å²) in [4.78, 5) is 37.3. The highest BCUT2D eigenvalue weighted by atomic mass is 16.5. The third kappa shape index (κ3) is 14.3. The van der Waals surface area contributed by atoms with E-state index in [2.05, 4.69) is 62.5 Å². The van der Waals surface area contributed by atoms with Gasteiger partial charge in [-0.1, -0.05) is 103 Å². The van der Waals surface area contributed by atoms with Crippen LogP contribution in [-0.4, -0.2) is 24.6 Å². The van der Waals surface area contributed by atoms with Crippen LogP contribution < -0.4 is 10.1 Å². The smallest absolute Gasteiger partial charge is 0.227 e. The molecule has 0 bridgehead atoms. The zero-order chi connectivity index (χ0) is 34.5. The number of nitrogens with one attached hydrogen (secondary N) is 1. The Labute approximate surface area is 280 Å². The minimum absolute atomic E-state index is 0.00701. The van der Waals surface area contributed by atoms with Crippen molar-refractivity contribution in [2.45, 2.75) is 119 Å². The number of ether oxygens (including phenoxy) is 1. The summed E-state index contributed by atoms with van der Waals surface area (Å²) in [6.07, 6.45) is 15.3. The SMILES string of the molecule is CC.CCC.CCC(CCC(c1ccc(OC)cc1)C(C)C(=O)Nc1cccc(C(CCC(C)=O)C2C=CC=CC2)c1)CC(C)=O. The van der Waals surface area contributed by atoms with E-state index < -0.39 is 0 Å². The molecule has 5 atom stereocenters. The van der Waals surface area contributed by atoms with Gasteiger partial charge in [0.05, 0.1) is 7.11 Å². The lowest BCUT2D eigenvalue weighted by atomic mass is 9.79. The topological polar surface area (TPSA) is 72.5 Å². The highest BCUT2D eigenvalue weighted by Gasteiger charge is 2.28. The van der Waals surface area contributed by atoms with Crippen LogP contribution in [-0.2, 0) is 14.4 Å². The number of Topliss-reactive ketones (excluding diaryl/α,β-unsaturated/α-hetero) is 2. The van der Waals surface area contributed by atoms with Crippen molar-refractivity contribution in [3.05, 3.63) is 84.0 Å². The standard InChI is InChI=1S/C36H47NO4.C3H8.C2H6/c1-6-28(23-26(3)39)16-22-34(30-17-19-33(41-5)20-18-30)27(4)36(40)37-32-14-10-13-31(24-32)35(21-15-25(2)38)29-11-8-7-9-12-29;1-3-2;1-2/h7-11,13-14,17-20,24,27-29,34-35H,6,12,15-16,21-23H2,1-5H3,(H,37,40);3H2,1-2H3;1-2H3. The number of hydrogen-bond donors (Lipinski definition) is 1. The molecule has 3 rings (SSSR count). The van der Waals surface area contributed by atoms with Crippen molar-refractivity contribution in [1.82, 2.24) is 0 Å². The summed E-state index contributed by atoms with van der Waals surface area (Å²) in [7, 11) is 1.65. The van der Waals surface area contributed by atoms with E-state index in [1.165, 1.54) is 6.42 Å². The van der Waals surface area contributed by atoms with Gasteiger partial charge in [-0.05, 0) is 98.6 Å². The number of hydrogen-bond acceptors (Lipinski definition) is 4. The third-order valence-electron chi connectivity index (χ3n) is 8.52. The number of carbonyl (C=O) groups is 3. The lowest BCUT2D eigenvalue weighted by Gasteiger charge is -2.27. The van der Waals surface area contributed by atoms with Crippen molar-refractivity contribution in [2.24, 2.45) is 17.8 Å². The van der Waals surface area contributed by atoms with Crippen LogP contribution in [0.4, 0.5) is 5.69 Å². The zero-order valence-corrected chi connectivity index (χ0v) is 30.1. The fraction of sp³-hybridized carbons (Fsp3) is 0.537. The van der Waals surface area contributed by atoms with E-state index in [0.29, 0.717) is 24.7 Å². The molecule has 0 aliphatic heterocycles. The van der Waals surface area contributed by atoms with Gasteiger partial charge in [-0.2, -0.15) is 0 Å². The summed E-state index contributed by atoms with van der Waals surface area (Å²) in [5, 5.41) is 3.19. The zero-order valence-electron chi connectivity index (χ0n) is 30.1. The average Bonchev–Trinajstić information content (AvgIpc) is 3.06. The maximum Gasteiger partial charge on any atom is 0.227 e. The molecule has 0 spiro atoms. The molecule has 5 nitrogen and oxygen atoms in total. The second-order valence-electron chi connectivity index (χ2n) is 12.3. The average molecular weight is 632 g/mol. The number of amides is 1. The second kappa shape index (κ2) is 22.9. The molecule has 1 N–H and O–H groups in total. The van der Waals surface area contributed by atoms with Gasteiger partial charge in [-0.15, -0.1) is 0 Å². The number of rotatable bonds is 16. The Morgan fingerprint density at radius 1 is 0.891 bits per heavy atom. The van der Waals surface area contributed by atoms with Gasteiger partial charge in [-0.3, -0.25) is 4.79 Å². The van der Waals surface area contributed by atoms with E-state index in [4.69, 9.17) is 4.74 Å². The van der Waals surface area contributed by atoms with E-state index >= 15 is 0 Å². The summed E-state index contributed by atoms with van der Waals surface area (Å²) in [6.45, 7) is 15.7. The molecule has 254 valence electrons. The minimum atomic E-state index is -0.276. The molecule has 5 heteroatoms. The van der Waals surface area contributed by atoms with Crippen molar-refractivity contribution < 1.29 is 19.1 Å². The molecule has 1 amide bonds. The molecular formula is C41H61NO4. The van der Waals surface area contributed by atoms with Crippen molar-refractivity contribution in [3.8, 4) is 5.75 Å². The first kappa shape index (κ1) is 40.6. The molecule has 0 radical (unpaired) electrons. The van der Waals surface area contributed by atoms with E-state index in [1.807, 2.05) is 57.2 Å². The first-order chi connectivity index (χ1) is 22.1. The predicted molar refractivity (Wildman–Crippen MR) is 195 cm³/mol. The lowest BCUT2D eigenvalue weighted by molar-refractivity contribution is -0.120. The van der Waals surface area contributed by atoms with Gasteiger partial charge in [0.25, 0.3) is 0 Å². The fourth-order valence-electron chi connectivity index (χ4n) is 6.00. The largest absolute Gasteiger partial charge is 0.497 e. The normalized spacial score (nSPS) is 16.0. The van der Waals surface area contributed by atoms with Crippen LogP contribution >= 0.6 is 0 Å². The minimum Gasteiger partial charge on any atom is -0.497 e. The van der Waals surface area contributed by atoms with Crippen LogP contribution in [0.25, 0.3) is 0 Å². The Bertz CT molecular complexity index is 1230. The van der Waals surface area contributed by atoms with E-state index in [1.54, 1.807) is 21.0 Å². The molecule has 0 heterocycles. The molecule has 0 saturated heterocycles. The molecule has 46 heavy (non-hydrogen) atoms. The number of methoxy groups -OCH3 is 1. The molecule has 0 saturated carbocycles. The molecule has 2 aromatic carbocycles. The molecule has 2 aromatic rings. The van der Waals surface area contributed by atoms with Crippen LogP contribution in [0.2, 0.25) is 0 Å². The first-order valence-corrected chi connectivity index (χ1v) is 17.5. The Morgan fingerprint density at radius 2 is 1.57 bits per heavy atom. The van der Waals surface area contributed by atoms with Crippen LogP contribution in [0.1, 0.15) is 130 Å². The molecule has 0 fully saturated rings. The number of anilines is 1. The number of ketones is 2. The molecule has 1 aliphatic carbocycles. The van der Waals surface area contributed by atoms with Crippen LogP contribution in [0.5, 0.6) is 5.75 Å². The number of allylic oxidation sites excluding steroid dienone is 4. The predicted octanol–water partition coefficient (Wildman–Crippen LogP) is 10.9. The highest BCUT2D eigenvalue weighted by Crippen LogP contribution is 2.37. The first-order valence-electron chi connectivity index (χ1n) is 17.5. The lowest BCUT2D eigenvalue weighted by Crippen LogP contribution is -2.26. The van der Waals surface area contributed by atoms with Crippen molar-refractivity contribution in [2.75, 3.05) is 12.4 Å². The van der Waals surface area contributed by atoms with Crippen LogP contribution in [0.3, 0.4) is 0 Å². The van der Waals surface area contributed by atoms with Crippen molar-refractivity contribution >= 4 is 23.2 Å². The van der Waals surface area contributed by atoms with Gasteiger partial charge in [-0.25, -0.2) is 0 Å². The number of benzene rings is 2. The summed E-state index contributed by atoms with van der Waals surface area (Å²) >= 11 is 0. The van der Waals surface area contributed by atoms with Gasteiger partial charge in [0.2, 0.25) is 5.91 Å². The maximum absolute atomic E-state index is 13.7. The molecular weight excluding hydrogens is 570 g/mol. The third-order valence-corrected chi connectivity index (χ3v) is 8.52. The quantitative estimate of drug-likeness (QED) is 0.200.